The van der Waals surface area contributed by atoms with Gasteiger partial charge in [0.05, 0.1) is 4.90 Å². The Balaban J connectivity index is 1.46. The van der Waals surface area contributed by atoms with E-state index in [1.54, 1.807) is 24.3 Å². The molecular formula is C19H20N2O5S. The van der Waals surface area contributed by atoms with Crippen molar-refractivity contribution in [3.63, 3.8) is 0 Å². The minimum Gasteiger partial charge on any atom is -0.486 e. The lowest BCUT2D eigenvalue weighted by Gasteiger charge is -2.19. The zero-order chi connectivity index (χ0) is 18.9. The summed E-state index contributed by atoms with van der Waals surface area (Å²) < 4.78 is 35.9. The number of fused-ring (bicyclic) bond motifs is 2. The van der Waals surface area contributed by atoms with Gasteiger partial charge in [-0.25, -0.2) is 8.42 Å². The van der Waals surface area contributed by atoms with Crippen LogP contribution >= 0.6 is 0 Å². The summed E-state index contributed by atoms with van der Waals surface area (Å²) in [6.45, 7) is 0.863. The van der Waals surface area contributed by atoms with Crippen molar-refractivity contribution in [3.8, 4) is 11.5 Å². The highest BCUT2D eigenvalue weighted by Gasteiger charge is 2.20. The molecule has 27 heavy (non-hydrogen) atoms. The van der Waals surface area contributed by atoms with Crippen molar-refractivity contribution in [2.24, 2.45) is 0 Å². The van der Waals surface area contributed by atoms with Gasteiger partial charge in [0.2, 0.25) is 0 Å². The highest BCUT2D eigenvalue weighted by Crippen LogP contribution is 2.30. The Morgan fingerprint density at radius 2 is 1.63 bits per heavy atom. The van der Waals surface area contributed by atoms with Crippen LogP contribution in [-0.2, 0) is 22.9 Å². The molecule has 0 unspecified atom stereocenters. The predicted molar refractivity (Wildman–Crippen MR) is 98.3 cm³/mol. The van der Waals surface area contributed by atoms with E-state index in [9.17, 15) is 13.2 Å². The Bertz CT molecular complexity index is 988. The Hall–Kier alpha value is -2.58. The lowest BCUT2D eigenvalue weighted by molar-refractivity contribution is 0.0944. The number of carbonyl (C=O) groups is 1. The van der Waals surface area contributed by atoms with E-state index in [-0.39, 0.29) is 10.5 Å². The van der Waals surface area contributed by atoms with Crippen molar-refractivity contribution in [2.45, 2.75) is 30.6 Å². The average molecular weight is 388 g/mol. The maximum absolute atomic E-state index is 12.5. The summed E-state index contributed by atoms with van der Waals surface area (Å²) >= 11 is 0. The number of rotatable bonds is 4. The van der Waals surface area contributed by atoms with Gasteiger partial charge in [0.15, 0.2) is 11.5 Å². The van der Waals surface area contributed by atoms with E-state index in [0.717, 1.165) is 31.2 Å². The molecule has 1 aliphatic carbocycles. The van der Waals surface area contributed by atoms with Gasteiger partial charge in [0, 0.05) is 5.56 Å². The number of hydrazine groups is 1. The lowest BCUT2D eigenvalue weighted by Crippen LogP contribution is -2.41. The number of hydrogen-bond acceptors (Lipinski definition) is 5. The van der Waals surface area contributed by atoms with Crippen LogP contribution in [0, 0.1) is 0 Å². The van der Waals surface area contributed by atoms with Crippen molar-refractivity contribution in [1.82, 2.24) is 10.3 Å². The fourth-order valence-electron chi connectivity index (χ4n) is 3.31. The molecule has 1 amide bonds. The molecule has 0 radical (unpaired) electrons. The quantitative estimate of drug-likeness (QED) is 0.781. The third kappa shape index (κ3) is 3.77. The molecule has 2 aromatic carbocycles. The van der Waals surface area contributed by atoms with Gasteiger partial charge in [-0.05, 0) is 67.1 Å². The van der Waals surface area contributed by atoms with Crippen LogP contribution in [0.3, 0.4) is 0 Å². The van der Waals surface area contributed by atoms with Gasteiger partial charge in [-0.2, -0.15) is 0 Å². The molecule has 2 aromatic rings. The Morgan fingerprint density at radius 3 is 2.44 bits per heavy atom. The van der Waals surface area contributed by atoms with E-state index < -0.39 is 15.9 Å². The van der Waals surface area contributed by atoms with Crippen LogP contribution in [-0.4, -0.2) is 27.5 Å². The highest BCUT2D eigenvalue weighted by molar-refractivity contribution is 7.89. The second kappa shape index (κ2) is 7.21. The van der Waals surface area contributed by atoms with Gasteiger partial charge in [0.1, 0.15) is 13.2 Å². The first-order valence-electron chi connectivity index (χ1n) is 8.86. The smallest absolute Gasteiger partial charge is 0.266 e. The predicted octanol–water partition coefficient (Wildman–Crippen LogP) is 1.96. The van der Waals surface area contributed by atoms with Gasteiger partial charge < -0.3 is 9.47 Å². The summed E-state index contributed by atoms with van der Waals surface area (Å²) in [5, 5.41) is 0. The Labute approximate surface area is 157 Å². The number of amides is 1. The monoisotopic (exact) mass is 388 g/mol. The number of ether oxygens (including phenoxy) is 2. The fourth-order valence-corrected chi connectivity index (χ4v) is 4.20. The largest absolute Gasteiger partial charge is 0.486 e. The summed E-state index contributed by atoms with van der Waals surface area (Å²) in [5.41, 5.74) is 4.77. The molecular weight excluding hydrogens is 368 g/mol. The van der Waals surface area contributed by atoms with E-state index in [4.69, 9.17) is 9.47 Å². The highest BCUT2D eigenvalue weighted by atomic mass is 32.2. The molecule has 7 nitrogen and oxygen atoms in total. The first-order chi connectivity index (χ1) is 13.0. The van der Waals surface area contributed by atoms with Crippen LogP contribution in [0.2, 0.25) is 0 Å². The maximum atomic E-state index is 12.5. The summed E-state index contributed by atoms with van der Waals surface area (Å²) in [4.78, 5) is 14.6. The number of benzene rings is 2. The standard InChI is InChI=1S/C19H20N2O5S/c22-19(15-6-8-17-18(12-15)26-10-9-25-17)20-21-27(23,24)16-7-5-13-3-1-2-4-14(13)11-16/h5-8,11-12,21H,1-4,9-10H2,(H,20,22). The Morgan fingerprint density at radius 1 is 0.889 bits per heavy atom. The molecule has 1 aliphatic heterocycles. The SMILES string of the molecule is O=C(NNS(=O)(=O)c1ccc2c(c1)CCCC2)c1ccc2c(c1)OCCO2. The van der Waals surface area contributed by atoms with Crippen molar-refractivity contribution in [1.29, 1.82) is 0 Å². The third-order valence-electron chi connectivity index (χ3n) is 4.73. The van der Waals surface area contributed by atoms with Crippen LogP contribution in [0.4, 0.5) is 0 Å². The topological polar surface area (TPSA) is 93.7 Å². The summed E-state index contributed by atoms with van der Waals surface area (Å²) in [6, 6.07) is 9.82. The summed E-state index contributed by atoms with van der Waals surface area (Å²) in [7, 11) is -3.85. The maximum Gasteiger partial charge on any atom is 0.266 e. The molecule has 2 aliphatic rings. The van der Waals surface area contributed by atoms with Crippen molar-refractivity contribution < 1.29 is 22.7 Å². The van der Waals surface area contributed by atoms with Gasteiger partial charge >= 0.3 is 0 Å². The number of sulfonamides is 1. The van der Waals surface area contributed by atoms with Crippen LogP contribution in [0.1, 0.15) is 34.3 Å². The zero-order valence-corrected chi connectivity index (χ0v) is 15.5. The Kier molecular flexibility index (Phi) is 4.75. The second-order valence-electron chi connectivity index (χ2n) is 6.56. The second-order valence-corrected chi connectivity index (χ2v) is 8.24. The molecule has 0 fully saturated rings. The number of aryl methyl sites for hydroxylation is 2. The average Bonchev–Trinajstić information content (AvgIpc) is 2.71. The lowest BCUT2D eigenvalue weighted by atomic mass is 9.92. The third-order valence-corrected chi connectivity index (χ3v) is 5.98. The van der Waals surface area contributed by atoms with Crippen LogP contribution in [0.5, 0.6) is 11.5 Å². The molecule has 8 heteroatoms. The summed E-state index contributed by atoms with van der Waals surface area (Å²) in [6.07, 6.45) is 4.04. The zero-order valence-electron chi connectivity index (χ0n) is 14.7. The normalized spacial score (nSPS) is 15.7. The van der Waals surface area contributed by atoms with Gasteiger partial charge in [-0.3, -0.25) is 10.2 Å². The van der Waals surface area contributed by atoms with Crippen LogP contribution in [0.25, 0.3) is 0 Å². The minimum atomic E-state index is -3.85. The number of carbonyl (C=O) groups excluding carboxylic acids is 1. The first-order valence-corrected chi connectivity index (χ1v) is 10.3. The van der Waals surface area contributed by atoms with Gasteiger partial charge in [0.25, 0.3) is 15.9 Å². The van der Waals surface area contributed by atoms with Crippen LogP contribution in [0.15, 0.2) is 41.3 Å². The van der Waals surface area contributed by atoms with Gasteiger partial charge in [-0.15, -0.1) is 4.83 Å². The molecule has 0 saturated heterocycles. The fraction of sp³-hybridized carbons (Fsp3) is 0.316. The van der Waals surface area contributed by atoms with Gasteiger partial charge in [-0.1, -0.05) is 6.07 Å². The van der Waals surface area contributed by atoms with Crippen LogP contribution < -0.4 is 19.7 Å². The minimum absolute atomic E-state index is 0.144. The number of nitrogens with one attached hydrogen (secondary N) is 2. The van der Waals surface area contributed by atoms with E-state index in [0.29, 0.717) is 24.7 Å². The summed E-state index contributed by atoms with van der Waals surface area (Å²) in [5.74, 6) is 0.451. The molecule has 4 rings (SSSR count). The van der Waals surface area contributed by atoms with Crippen molar-refractivity contribution in [2.75, 3.05) is 13.2 Å². The van der Waals surface area contributed by atoms with E-state index >= 15 is 0 Å². The number of hydrogen-bond donors (Lipinski definition) is 2. The molecule has 1 heterocycles. The van der Waals surface area contributed by atoms with E-state index in [1.165, 1.54) is 11.6 Å². The molecule has 0 spiro atoms. The molecule has 0 saturated carbocycles. The molecule has 0 bridgehead atoms. The molecule has 142 valence electrons. The van der Waals surface area contributed by atoms with Crippen molar-refractivity contribution >= 4 is 15.9 Å². The molecule has 0 atom stereocenters. The van der Waals surface area contributed by atoms with E-state index in [1.807, 2.05) is 6.07 Å². The molecule has 0 aromatic heterocycles. The van der Waals surface area contributed by atoms with E-state index in [2.05, 4.69) is 10.3 Å². The first kappa shape index (κ1) is 17.8. The molecule has 2 N–H and O–H groups in total. The van der Waals surface area contributed by atoms with Crippen molar-refractivity contribution in [3.05, 3.63) is 53.1 Å².